The van der Waals surface area contributed by atoms with E-state index < -0.39 is 0 Å². The van der Waals surface area contributed by atoms with Gasteiger partial charge in [0, 0.05) is 26.0 Å². The van der Waals surface area contributed by atoms with Gasteiger partial charge < -0.3 is 14.8 Å². The third-order valence-corrected chi connectivity index (χ3v) is 6.18. The van der Waals surface area contributed by atoms with Crippen molar-refractivity contribution in [3.63, 3.8) is 0 Å². The number of rotatable bonds is 6. The first kappa shape index (κ1) is 22.6. The Morgan fingerprint density at radius 2 is 2.00 bits per heavy atom. The first-order valence-electron chi connectivity index (χ1n) is 11.1. The molecule has 1 aromatic heterocycles. The molecule has 7 heteroatoms. The van der Waals surface area contributed by atoms with Gasteiger partial charge in [-0.1, -0.05) is 31.2 Å². The van der Waals surface area contributed by atoms with Crippen LogP contribution >= 0.6 is 0 Å². The molecule has 1 aliphatic rings. The number of nitrogens with zero attached hydrogens (tertiary/aromatic N) is 2. The summed E-state index contributed by atoms with van der Waals surface area (Å²) in [6.07, 6.45) is 0.896. The molecule has 172 valence electrons. The lowest BCUT2D eigenvalue weighted by molar-refractivity contribution is -0.146. The summed E-state index contributed by atoms with van der Waals surface area (Å²) in [5.41, 5.74) is 4.87. The standard InChI is InChI=1S/C26H29N3O4/c1-6-21-25(28-23-20-10-8-7-9-17(20)14-22(23)33-16(3)30)29(4)26(31)24(27-21)19-12-11-18(32-5)13-15(19)2/h7-13,22-23,28H,6,14H2,1-5H3/t22-,23-/m0/s1. The molecule has 0 radical (unpaired) electrons. The number of ether oxygens (including phenoxy) is 2. The smallest absolute Gasteiger partial charge is 0.302 e. The zero-order valence-electron chi connectivity index (χ0n) is 19.6. The minimum absolute atomic E-state index is 0.196. The Hall–Kier alpha value is -3.61. The molecule has 0 saturated heterocycles. The van der Waals surface area contributed by atoms with E-state index in [1.807, 2.05) is 56.3 Å². The molecule has 2 aromatic carbocycles. The molecule has 2 atom stereocenters. The van der Waals surface area contributed by atoms with Crippen molar-refractivity contribution in [2.24, 2.45) is 7.05 Å². The molecule has 1 aliphatic carbocycles. The number of aromatic nitrogens is 2. The molecule has 7 nitrogen and oxygen atoms in total. The lowest BCUT2D eigenvalue weighted by Gasteiger charge is -2.25. The summed E-state index contributed by atoms with van der Waals surface area (Å²) in [6, 6.07) is 13.4. The summed E-state index contributed by atoms with van der Waals surface area (Å²) in [5.74, 6) is 1.04. The summed E-state index contributed by atoms with van der Waals surface area (Å²) >= 11 is 0. The summed E-state index contributed by atoms with van der Waals surface area (Å²) in [5, 5.41) is 3.50. The van der Waals surface area contributed by atoms with Crippen LogP contribution in [0.15, 0.2) is 47.3 Å². The van der Waals surface area contributed by atoms with Gasteiger partial charge in [0.1, 0.15) is 23.4 Å². The predicted octanol–water partition coefficient (Wildman–Crippen LogP) is 3.97. The van der Waals surface area contributed by atoms with Crippen molar-refractivity contribution >= 4 is 11.8 Å². The molecule has 0 spiro atoms. The van der Waals surface area contributed by atoms with Crippen LogP contribution in [0.3, 0.4) is 0 Å². The first-order chi connectivity index (χ1) is 15.8. The highest BCUT2D eigenvalue weighted by atomic mass is 16.5. The molecule has 0 bridgehead atoms. The predicted molar refractivity (Wildman–Crippen MR) is 128 cm³/mol. The van der Waals surface area contributed by atoms with Crippen molar-refractivity contribution in [2.45, 2.75) is 45.8 Å². The molecule has 3 aromatic rings. The Balaban J connectivity index is 1.78. The molecule has 1 heterocycles. The molecule has 33 heavy (non-hydrogen) atoms. The maximum Gasteiger partial charge on any atom is 0.302 e. The zero-order chi connectivity index (χ0) is 23.7. The van der Waals surface area contributed by atoms with Crippen LogP contribution in [0.2, 0.25) is 0 Å². The molecule has 1 N–H and O–H groups in total. The fourth-order valence-electron chi connectivity index (χ4n) is 4.52. The molecule has 0 amide bonds. The Bertz CT molecular complexity index is 1260. The van der Waals surface area contributed by atoms with Gasteiger partial charge in [0.05, 0.1) is 18.8 Å². The Kier molecular flexibility index (Phi) is 6.22. The maximum absolute atomic E-state index is 13.4. The highest BCUT2D eigenvalue weighted by molar-refractivity contribution is 5.67. The van der Waals surface area contributed by atoms with E-state index in [1.165, 1.54) is 6.92 Å². The highest BCUT2D eigenvalue weighted by Gasteiger charge is 2.35. The second-order valence-corrected chi connectivity index (χ2v) is 8.33. The van der Waals surface area contributed by atoms with Crippen LogP contribution in [0.1, 0.15) is 42.3 Å². The summed E-state index contributed by atoms with van der Waals surface area (Å²) in [7, 11) is 3.36. The fourth-order valence-corrected chi connectivity index (χ4v) is 4.52. The Labute approximate surface area is 193 Å². The molecule has 0 unspecified atom stereocenters. The van der Waals surface area contributed by atoms with Gasteiger partial charge >= 0.3 is 5.97 Å². The number of fused-ring (bicyclic) bond motifs is 1. The van der Waals surface area contributed by atoms with Crippen LogP contribution in [-0.4, -0.2) is 28.7 Å². The van der Waals surface area contributed by atoms with Crippen LogP contribution in [-0.2, 0) is 29.4 Å². The summed E-state index contributed by atoms with van der Waals surface area (Å²) in [6.45, 7) is 5.37. The number of hydrogen-bond acceptors (Lipinski definition) is 6. The van der Waals surface area contributed by atoms with E-state index in [1.54, 1.807) is 18.7 Å². The SMILES string of the molecule is CCc1nc(-c2ccc(OC)cc2C)c(=O)n(C)c1N[C@H]1c2ccccc2C[C@@H]1OC(C)=O. The van der Waals surface area contributed by atoms with E-state index in [2.05, 4.69) is 5.32 Å². The summed E-state index contributed by atoms with van der Waals surface area (Å²) < 4.78 is 12.5. The van der Waals surface area contributed by atoms with Gasteiger partial charge in [-0.15, -0.1) is 0 Å². The van der Waals surface area contributed by atoms with Crippen molar-refractivity contribution in [3.8, 4) is 17.0 Å². The Morgan fingerprint density at radius 1 is 1.24 bits per heavy atom. The fraction of sp³-hybridized carbons (Fsp3) is 0.346. The third kappa shape index (κ3) is 4.23. The number of esters is 1. The normalized spacial score (nSPS) is 16.9. The van der Waals surface area contributed by atoms with Crippen LogP contribution < -0.4 is 15.6 Å². The quantitative estimate of drug-likeness (QED) is 0.576. The van der Waals surface area contributed by atoms with Crippen LogP contribution in [0, 0.1) is 6.92 Å². The van der Waals surface area contributed by atoms with Crippen molar-refractivity contribution < 1.29 is 14.3 Å². The van der Waals surface area contributed by atoms with Crippen molar-refractivity contribution in [1.82, 2.24) is 9.55 Å². The second kappa shape index (κ2) is 9.10. The molecule has 0 saturated carbocycles. The molecule has 4 rings (SSSR count). The molecular weight excluding hydrogens is 418 g/mol. The van der Waals surface area contributed by atoms with E-state index in [4.69, 9.17) is 14.5 Å². The number of hydrogen-bond donors (Lipinski definition) is 1. The number of carbonyl (C=O) groups is 1. The minimum atomic E-state index is -0.358. The number of nitrogens with one attached hydrogen (secondary N) is 1. The monoisotopic (exact) mass is 447 g/mol. The largest absolute Gasteiger partial charge is 0.497 e. The van der Waals surface area contributed by atoms with Gasteiger partial charge in [-0.2, -0.15) is 0 Å². The molecule has 0 aliphatic heterocycles. The van der Waals surface area contributed by atoms with Crippen LogP contribution in [0.5, 0.6) is 5.75 Å². The van der Waals surface area contributed by atoms with Crippen molar-refractivity contribution in [3.05, 3.63) is 75.2 Å². The van der Waals surface area contributed by atoms with E-state index in [0.29, 0.717) is 24.4 Å². The molecular formula is C26H29N3O4. The number of methoxy groups -OCH3 is 1. The number of carbonyl (C=O) groups excluding carboxylic acids is 1. The zero-order valence-corrected chi connectivity index (χ0v) is 19.6. The first-order valence-corrected chi connectivity index (χ1v) is 11.1. The van der Waals surface area contributed by atoms with Gasteiger partial charge in [0.2, 0.25) is 0 Å². The number of benzene rings is 2. The van der Waals surface area contributed by atoms with Crippen molar-refractivity contribution in [2.75, 3.05) is 12.4 Å². The van der Waals surface area contributed by atoms with Gasteiger partial charge in [0.25, 0.3) is 5.56 Å². The average molecular weight is 448 g/mol. The lowest BCUT2D eigenvalue weighted by atomic mass is 10.0. The molecule has 0 fully saturated rings. The van der Waals surface area contributed by atoms with Gasteiger partial charge in [-0.25, -0.2) is 4.98 Å². The van der Waals surface area contributed by atoms with Gasteiger partial charge in [-0.05, 0) is 48.2 Å². The van der Waals surface area contributed by atoms with Gasteiger partial charge in [-0.3, -0.25) is 14.2 Å². The minimum Gasteiger partial charge on any atom is -0.497 e. The average Bonchev–Trinajstić information content (AvgIpc) is 3.13. The van der Waals surface area contributed by atoms with Crippen molar-refractivity contribution in [1.29, 1.82) is 0 Å². The van der Waals surface area contributed by atoms with Crippen LogP contribution in [0.4, 0.5) is 5.82 Å². The number of aryl methyl sites for hydroxylation is 2. The summed E-state index contributed by atoms with van der Waals surface area (Å²) in [4.78, 5) is 29.9. The third-order valence-electron chi connectivity index (χ3n) is 6.18. The van der Waals surface area contributed by atoms with Crippen LogP contribution in [0.25, 0.3) is 11.3 Å². The highest BCUT2D eigenvalue weighted by Crippen LogP contribution is 2.36. The van der Waals surface area contributed by atoms with E-state index in [-0.39, 0.29) is 23.7 Å². The Morgan fingerprint density at radius 3 is 2.67 bits per heavy atom. The topological polar surface area (TPSA) is 82.4 Å². The van der Waals surface area contributed by atoms with Gasteiger partial charge in [0.15, 0.2) is 0 Å². The van der Waals surface area contributed by atoms with E-state index in [9.17, 15) is 9.59 Å². The second-order valence-electron chi connectivity index (χ2n) is 8.33. The lowest BCUT2D eigenvalue weighted by Crippen LogP contribution is -2.31. The maximum atomic E-state index is 13.4. The van der Waals surface area contributed by atoms with E-state index in [0.717, 1.165) is 33.7 Å². The number of anilines is 1. The van der Waals surface area contributed by atoms with E-state index >= 15 is 0 Å².